The average Bonchev–Trinajstić information content (AvgIpc) is 3.08. The van der Waals surface area contributed by atoms with Gasteiger partial charge in [0.25, 0.3) is 0 Å². The quantitative estimate of drug-likeness (QED) is 0.230. The summed E-state index contributed by atoms with van der Waals surface area (Å²) in [6.45, 7) is 18.9. The smallest absolute Gasteiger partial charge is 0.337 e. The van der Waals surface area contributed by atoms with Crippen LogP contribution >= 0.6 is 0 Å². The van der Waals surface area contributed by atoms with Crippen molar-refractivity contribution in [2.75, 3.05) is 0 Å². The predicted octanol–water partition coefficient (Wildman–Crippen LogP) is 8.53. The summed E-state index contributed by atoms with van der Waals surface area (Å²) in [6.07, 6.45) is 16.6. The van der Waals surface area contributed by atoms with E-state index in [2.05, 4.69) is 57.8 Å². The number of esters is 1. The van der Waals surface area contributed by atoms with Crippen LogP contribution in [-0.4, -0.2) is 17.9 Å². The van der Waals surface area contributed by atoms with Crippen LogP contribution in [0.2, 0.25) is 0 Å². The van der Waals surface area contributed by atoms with Crippen LogP contribution in [0, 0.1) is 5.92 Å². The van der Waals surface area contributed by atoms with E-state index in [0.717, 1.165) is 44.9 Å². The molecule has 1 rings (SSSR count). The molecule has 0 aliphatic carbocycles. The number of hydrogen-bond donors (Lipinski definition) is 0. The van der Waals surface area contributed by atoms with Crippen LogP contribution in [0.25, 0.3) is 0 Å². The Labute approximate surface area is 192 Å². The maximum Gasteiger partial charge on any atom is 0.337 e. The Morgan fingerprint density at radius 2 is 1.52 bits per heavy atom. The van der Waals surface area contributed by atoms with E-state index in [0.29, 0.717) is 5.90 Å². The molecule has 0 bridgehead atoms. The first-order chi connectivity index (χ1) is 14.7. The predicted molar refractivity (Wildman–Crippen MR) is 137 cm³/mol. The molecular formula is C28H47NO2. The fraction of sp³-hybridized carbons (Fsp3) is 0.643. The van der Waals surface area contributed by atoms with Gasteiger partial charge in [0, 0.05) is 0 Å². The number of ether oxygens (including phenoxy) is 1. The molecule has 3 nitrogen and oxygen atoms in total. The Bertz CT molecular complexity index is 686. The van der Waals surface area contributed by atoms with Crippen molar-refractivity contribution in [2.45, 2.75) is 113 Å². The summed E-state index contributed by atoms with van der Waals surface area (Å²) in [7, 11) is 0. The van der Waals surface area contributed by atoms with Gasteiger partial charge in [-0.15, -0.1) is 0 Å². The lowest BCUT2D eigenvalue weighted by Crippen LogP contribution is -2.20. The molecule has 3 heteroatoms. The number of carbonyl (C=O) groups is 1. The molecule has 1 heterocycles. The summed E-state index contributed by atoms with van der Waals surface area (Å²) in [5, 5.41) is 0. The number of allylic oxidation sites excluding steroid dienone is 7. The van der Waals surface area contributed by atoms with Crippen molar-refractivity contribution < 1.29 is 9.53 Å². The van der Waals surface area contributed by atoms with Crippen molar-refractivity contribution >= 4 is 11.9 Å². The van der Waals surface area contributed by atoms with Crippen molar-refractivity contribution in [3.8, 4) is 0 Å². The number of cyclic esters (lactones) is 1. The molecule has 0 radical (unpaired) electrons. The van der Waals surface area contributed by atoms with Crippen molar-refractivity contribution in [3.05, 3.63) is 46.6 Å². The molecule has 0 aromatic heterocycles. The van der Waals surface area contributed by atoms with E-state index < -0.39 is 0 Å². The van der Waals surface area contributed by atoms with Crippen LogP contribution in [0.4, 0.5) is 0 Å². The van der Waals surface area contributed by atoms with E-state index in [1.165, 1.54) is 22.3 Å². The van der Waals surface area contributed by atoms with Crippen LogP contribution in [0.5, 0.6) is 0 Å². The summed E-state index contributed by atoms with van der Waals surface area (Å²) in [5.41, 5.74) is 5.61. The second-order valence-corrected chi connectivity index (χ2v) is 8.73. The van der Waals surface area contributed by atoms with Gasteiger partial charge in [0.1, 0.15) is 0 Å². The van der Waals surface area contributed by atoms with E-state index >= 15 is 0 Å². The first-order valence-electron chi connectivity index (χ1n) is 12.2. The molecule has 1 aliphatic rings. The average molecular weight is 430 g/mol. The molecule has 0 saturated carbocycles. The Balaban J connectivity index is 0.00000436. The fourth-order valence-corrected chi connectivity index (χ4v) is 3.27. The van der Waals surface area contributed by atoms with E-state index in [4.69, 9.17) is 4.74 Å². The van der Waals surface area contributed by atoms with Gasteiger partial charge < -0.3 is 4.74 Å². The summed E-state index contributed by atoms with van der Waals surface area (Å²) in [6, 6.07) is -0.348. The van der Waals surface area contributed by atoms with Crippen LogP contribution in [-0.2, 0) is 9.53 Å². The third-order valence-electron chi connectivity index (χ3n) is 5.19. The number of rotatable bonds is 12. The highest BCUT2D eigenvalue weighted by molar-refractivity contribution is 6.03. The third-order valence-corrected chi connectivity index (χ3v) is 5.19. The zero-order chi connectivity index (χ0) is 23.8. The van der Waals surface area contributed by atoms with Crippen molar-refractivity contribution in [3.63, 3.8) is 0 Å². The van der Waals surface area contributed by atoms with E-state index in [1.807, 2.05) is 33.8 Å². The van der Waals surface area contributed by atoms with Gasteiger partial charge in [-0.2, -0.15) is 0 Å². The van der Waals surface area contributed by atoms with Crippen LogP contribution in [0.3, 0.4) is 0 Å². The van der Waals surface area contributed by atoms with Gasteiger partial charge in [-0.05, 0) is 84.6 Å². The molecule has 1 unspecified atom stereocenters. The van der Waals surface area contributed by atoms with Gasteiger partial charge in [0.15, 0.2) is 6.04 Å². The minimum atomic E-state index is -0.348. The number of hydrogen-bond acceptors (Lipinski definition) is 3. The minimum absolute atomic E-state index is 0.175. The molecule has 1 aliphatic heterocycles. The Morgan fingerprint density at radius 1 is 0.935 bits per heavy atom. The van der Waals surface area contributed by atoms with Gasteiger partial charge in [-0.1, -0.05) is 75.1 Å². The third kappa shape index (κ3) is 13.2. The van der Waals surface area contributed by atoms with Gasteiger partial charge in [0.05, 0.1) is 0 Å². The van der Waals surface area contributed by atoms with E-state index in [9.17, 15) is 4.79 Å². The van der Waals surface area contributed by atoms with Gasteiger partial charge in [-0.3, -0.25) is 0 Å². The second-order valence-electron chi connectivity index (χ2n) is 8.73. The molecule has 0 saturated heterocycles. The number of carbonyl (C=O) groups excluding carboxylic acids is 1. The molecule has 31 heavy (non-hydrogen) atoms. The SMILES string of the molecule is CC.CC/C(=C\CC/C(C)=C/C1=NC(C(C)C)C(=O)O1)CC/C=C(\C)CCC=C(C)C. The van der Waals surface area contributed by atoms with Gasteiger partial charge in [-0.25, -0.2) is 9.79 Å². The maximum absolute atomic E-state index is 11.8. The van der Waals surface area contributed by atoms with E-state index in [-0.39, 0.29) is 17.9 Å². The van der Waals surface area contributed by atoms with Crippen molar-refractivity contribution in [1.29, 1.82) is 0 Å². The summed E-state index contributed by atoms with van der Waals surface area (Å²) < 4.78 is 5.28. The van der Waals surface area contributed by atoms with Crippen LogP contribution in [0.15, 0.2) is 51.6 Å². The van der Waals surface area contributed by atoms with Crippen LogP contribution < -0.4 is 0 Å². The normalized spacial score (nSPS) is 17.2. The highest BCUT2D eigenvalue weighted by atomic mass is 16.6. The summed E-state index contributed by atoms with van der Waals surface area (Å²) >= 11 is 0. The van der Waals surface area contributed by atoms with Crippen molar-refractivity contribution in [1.82, 2.24) is 0 Å². The molecular weight excluding hydrogens is 382 g/mol. The Morgan fingerprint density at radius 3 is 2.06 bits per heavy atom. The van der Waals surface area contributed by atoms with Gasteiger partial charge in [0.2, 0.25) is 5.90 Å². The molecule has 0 aromatic carbocycles. The molecule has 0 amide bonds. The lowest BCUT2D eigenvalue weighted by molar-refractivity contribution is -0.135. The Hall–Kier alpha value is -1.90. The monoisotopic (exact) mass is 429 g/mol. The zero-order valence-electron chi connectivity index (χ0n) is 21.7. The molecule has 1 atom stereocenters. The molecule has 176 valence electrons. The van der Waals surface area contributed by atoms with Gasteiger partial charge >= 0.3 is 5.97 Å². The highest BCUT2D eigenvalue weighted by Gasteiger charge is 2.30. The molecule has 0 fully saturated rings. The first-order valence-corrected chi connectivity index (χ1v) is 12.2. The zero-order valence-corrected chi connectivity index (χ0v) is 21.7. The van der Waals surface area contributed by atoms with Crippen molar-refractivity contribution in [2.24, 2.45) is 10.9 Å². The lowest BCUT2D eigenvalue weighted by atomic mass is 10.0. The fourth-order valence-electron chi connectivity index (χ4n) is 3.27. The van der Waals surface area contributed by atoms with E-state index in [1.54, 1.807) is 0 Å². The Kier molecular flexibility index (Phi) is 15.7. The minimum Gasteiger partial charge on any atom is -0.406 e. The molecule has 0 aromatic rings. The standard InChI is InChI=1S/C26H41NO2.C2H6/c1-8-23(16-10-14-21(6)13-9-12-19(2)3)17-11-15-22(7)18-24-27-25(20(4)5)26(28)29-24;1-2/h12,14,17-18,20,25H,8-11,13,15-16H2,1-7H3;1-2H3/b21-14+,22-18+,23-17+;. The summed E-state index contributed by atoms with van der Waals surface area (Å²) in [4.78, 5) is 16.2. The first kappa shape index (κ1) is 29.1. The number of aliphatic imine (C=N–C) groups is 1. The summed E-state index contributed by atoms with van der Waals surface area (Å²) in [5.74, 6) is 0.421. The maximum atomic E-state index is 11.8. The largest absolute Gasteiger partial charge is 0.406 e. The van der Waals surface area contributed by atoms with Crippen LogP contribution in [0.1, 0.15) is 107 Å². The lowest BCUT2D eigenvalue weighted by Gasteiger charge is -2.05. The molecule has 0 N–H and O–H groups in total. The number of nitrogens with zero attached hydrogens (tertiary/aromatic N) is 1. The highest BCUT2D eigenvalue weighted by Crippen LogP contribution is 2.19. The second kappa shape index (κ2) is 16.8. The topological polar surface area (TPSA) is 38.7 Å². The molecule has 0 spiro atoms.